The lowest BCUT2D eigenvalue weighted by Gasteiger charge is -2.20. The van der Waals surface area contributed by atoms with E-state index in [1.165, 1.54) is 154 Å². The summed E-state index contributed by atoms with van der Waals surface area (Å²) in [4.78, 5) is 24.3. The molecule has 0 bridgehead atoms. The van der Waals surface area contributed by atoms with Gasteiger partial charge in [0.15, 0.2) is 0 Å². The lowest BCUT2D eigenvalue weighted by molar-refractivity contribution is -0.143. The Morgan fingerprint density at radius 3 is 1.35 bits per heavy atom. The van der Waals surface area contributed by atoms with E-state index in [4.69, 9.17) is 4.74 Å². The van der Waals surface area contributed by atoms with E-state index < -0.39 is 12.1 Å². The molecule has 322 valence electrons. The van der Waals surface area contributed by atoms with Crippen LogP contribution in [0, 0.1) is 0 Å². The molecule has 0 aliphatic carbocycles. The average Bonchev–Trinajstić information content (AvgIpc) is 3.18. The summed E-state index contributed by atoms with van der Waals surface area (Å²) in [5, 5.41) is 22.9. The van der Waals surface area contributed by atoms with Crippen molar-refractivity contribution in [3.05, 3.63) is 36.5 Å². The molecule has 3 N–H and O–H groups in total. The summed E-state index contributed by atoms with van der Waals surface area (Å²) < 4.78 is 5.43. The molecule has 0 aliphatic rings. The number of carbonyl (C=O) groups excluding carboxylic acids is 2. The summed E-state index contributed by atoms with van der Waals surface area (Å²) >= 11 is 0. The summed E-state index contributed by atoms with van der Waals surface area (Å²) in [5.74, 6) is -0.0987. The van der Waals surface area contributed by atoms with Crippen molar-refractivity contribution < 1.29 is 24.5 Å². The highest BCUT2D eigenvalue weighted by Gasteiger charge is 2.18. The van der Waals surface area contributed by atoms with Crippen molar-refractivity contribution >= 4 is 11.9 Å². The zero-order valence-electron chi connectivity index (χ0n) is 36.4. The Morgan fingerprint density at radius 2 is 0.873 bits per heavy atom. The second-order valence-corrected chi connectivity index (χ2v) is 16.1. The van der Waals surface area contributed by atoms with E-state index >= 15 is 0 Å². The van der Waals surface area contributed by atoms with Gasteiger partial charge in [0.2, 0.25) is 5.91 Å². The molecule has 6 nitrogen and oxygen atoms in total. The van der Waals surface area contributed by atoms with Crippen molar-refractivity contribution in [2.45, 2.75) is 251 Å². The van der Waals surface area contributed by atoms with Gasteiger partial charge < -0.3 is 20.3 Å². The van der Waals surface area contributed by atoms with Crippen LogP contribution in [0.25, 0.3) is 0 Å². The first-order chi connectivity index (χ1) is 27.0. The van der Waals surface area contributed by atoms with Gasteiger partial charge in [-0.3, -0.25) is 9.59 Å². The molecule has 0 fully saturated rings. The number of aliphatic hydroxyl groups excluding tert-OH is 2. The topological polar surface area (TPSA) is 95.9 Å². The Balaban J connectivity index is 3.49. The van der Waals surface area contributed by atoms with Crippen molar-refractivity contribution in [1.29, 1.82) is 0 Å². The first kappa shape index (κ1) is 53.1. The standard InChI is InChI=1S/C49H91NO5/c1-3-5-7-9-11-13-22-27-31-35-39-43-49(54)55-44-40-36-32-28-24-21-19-17-15-16-18-20-23-26-30-34-38-42-48(53)50-46(45-51)47(52)41-37-33-29-25-14-12-10-8-6-4-2/h9,11,15,17,37,41,46-47,51-52H,3-8,10,12-14,16,18-36,38-40,42-45H2,1-2H3,(H,50,53)/b11-9-,17-15-,41-37+. The first-order valence-corrected chi connectivity index (χ1v) is 23.8. The Hall–Kier alpha value is -1.92. The summed E-state index contributed by atoms with van der Waals surface area (Å²) in [6.45, 7) is 4.80. The van der Waals surface area contributed by atoms with Crippen LogP contribution in [0.5, 0.6) is 0 Å². The maximum Gasteiger partial charge on any atom is 0.305 e. The van der Waals surface area contributed by atoms with Gasteiger partial charge in [0.25, 0.3) is 0 Å². The molecule has 0 rings (SSSR count). The number of unbranched alkanes of at least 4 members (excludes halogenated alkanes) is 28. The molecular formula is C49H91NO5. The van der Waals surface area contributed by atoms with Gasteiger partial charge in [-0.15, -0.1) is 0 Å². The molecule has 2 unspecified atom stereocenters. The second-order valence-electron chi connectivity index (χ2n) is 16.1. The van der Waals surface area contributed by atoms with Gasteiger partial charge in [0, 0.05) is 12.8 Å². The minimum atomic E-state index is -0.850. The maximum absolute atomic E-state index is 12.4. The minimum absolute atomic E-state index is 0.0151. The third-order valence-corrected chi connectivity index (χ3v) is 10.6. The van der Waals surface area contributed by atoms with E-state index in [1.807, 2.05) is 6.08 Å². The summed E-state index contributed by atoms with van der Waals surface area (Å²) in [6, 6.07) is -0.635. The molecule has 1 amide bonds. The Kier molecular flexibility index (Phi) is 43.2. The Bertz CT molecular complexity index is 900. The van der Waals surface area contributed by atoms with Crippen LogP contribution in [0.15, 0.2) is 36.5 Å². The van der Waals surface area contributed by atoms with Crippen LogP contribution in [-0.4, -0.2) is 47.4 Å². The molecule has 6 heteroatoms. The number of hydrogen-bond acceptors (Lipinski definition) is 5. The maximum atomic E-state index is 12.4. The number of nitrogens with one attached hydrogen (secondary N) is 1. The fraction of sp³-hybridized carbons (Fsp3) is 0.837. The lowest BCUT2D eigenvalue weighted by Crippen LogP contribution is -2.45. The molecule has 55 heavy (non-hydrogen) atoms. The van der Waals surface area contributed by atoms with E-state index in [2.05, 4.69) is 43.5 Å². The van der Waals surface area contributed by atoms with Crippen molar-refractivity contribution in [2.24, 2.45) is 0 Å². The van der Waals surface area contributed by atoms with Crippen molar-refractivity contribution in [1.82, 2.24) is 5.32 Å². The Labute approximate surface area is 341 Å². The summed E-state index contributed by atoms with van der Waals surface area (Å²) in [5.41, 5.74) is 0. The summed E-state index contributed by atoms with van der Waals surface area (Å²) in [6.07, 6.45) is 52.8. The van der Waals surface area contributed by atoms with E-state index in [-0.39, 0.29) is 18.5 Å². The molecule has 0 aliphatic heterocycles. The highest BCUT2D eigenvalue weighted by Crippen LogP contribution is 2.14. The zero-order chi connectivity index (χ0) is 40.1. The van der Waals surface area contributed by atoms with Crippen molar-refractivity contribution in [2.75, 3.05) is 13.2 Å². The van der Waals surface area contributed by atoms with E-state index in [0.29, 0.717) is 19.4 Å². The molecule has 0 aromatic rings. The van der Waals surface area contributed by atoms with Crippen molar-refractivity contribution in [3.63, 3.8) is 0 Å². The molecule has 0 radical (unpaired) electrons. The number of amides is 1. The van der Waals surface area contributed by atoms with Gasteiger partial charge in [-0.25, -0.2) is 0 Å². The number of rotatable bonds is 43. The molecule has 0 spiro atoms. The number of hydrogen-bond donors (Lipinski definition) is 3. The van der Waals surface area contributed by atoms with E-state index in [1.54, 1.807) is 6.08 Å². The second kappa shape index (κ2) is 44.8. The third-order valence-electron chi connectivity index (χ3n) is 10.6. The zero-order valence-corrected chi connectivity index (χ0v) is 36.4. The quantitative estimate of drug-likeness (QED) is 0.0326. The van der Waals surface area contributed by atoms with Gasteiger partial charge in [0.1, 0.15) is 0 Å². The normalized spacial score (nSPS) is 13.0. The highest BCUT2D eigenvalue weighted by molar-refractivity contribution is 5.76. The minimum Gasteiger partial charge on any atom is -0.466 e. The molecular weight excluding hydrogens is 683 g/mol. The van der Waals surface area contributed by atoms with Crippen molar-refractivity contribution in [3.8, 4) is 0 Å². The van der Waals surface area contributed by atoms with E-state index in [0.717, 1.165) is 57.8 Å². The van der Waals surface area contributed by atoms with E-state index in [9.17, 15) is 19.8 Å². The van der Waals surface area contributed by atoms with Crippen LogP contribution >= 0.6 is 0 Å². The molecule has 0 saturated carbocycles. The van der Waals surface area contributed by atoms with Crippen LogP contribution in [-0.2, 0) is 14.3 Å². The summed E-state index contributed by atoms with van der Waals surface area (Å²) in [7, 11) is 0. The van der Waals surface area contributed by atoms with Crippen LogP contribution in [0.2, 0.25) is 0 Å². The molecule has 0 aromatic heterocycles. The molecule has 2 atom stereocenters. The largest absolute Gasteiger partial charge is 0.466 e. The average molecular weight is 774 g/mol. The first-order valence-electron chi connectivity index (χ1n) is 23.8. The monoisotopic (exact) mass is 774 g/mol. The smallest absolute Gasteiger partial charge is 0.305 e. The van der Waals surface area contributed by atoms with Crippen LogP contribution in [0.1, 0.15) is 239 Å². The number of carbonyl (C=O) groups is 2. The highest BCUT2D eigenvalue weighted by atomic mass is 16.5. The fourth-order valence-corrected chi connectivity index (χ4v) is 6.90. The van der Waals surface area contributed by atoms with Crippen LogP contribution < -0.4 is 5.32 Å². The Morgan fingerprint density at radius 1 is 0.491 bits per heavy atom. The van der Waals surface area contributed by atoms with Gasteiger partial charge >= 0.3 is 5.97 Å². The number of ether oxygens (including phenoxy) is 1. The molecule has 0 heterocycles. The fourth-order valence-electron chi connectivity index (χ4n) is 6.90. The number of allylic oxidation sites excluding steroid dienone is 5. The third kappa shape index (κ3) is 41.5. The van der Waals surface area contributed by atoms with Gasteiger partial charge in [-0.05, 0) is 77.0 Å². The number of esters is 1. The van der Waals surface area contributed by atoms with Gasteiger partial charge in [-0.1, -0.05) is 185 Å². The predicted octanol–water partition coefficient (Wildman–Crippen LogP) is 13.7. The molecule has 0 aromatic carbocycles. The van der Waals surface area contributed by atoms with Gasteiger partial charge in [0.05, 0.1) is 25.4 Å². The van der Waals surface area contributed by atoms with Gasteiger partial charge in [-0.2, -0.15) is 0 Å². The molecule has 0 saturated heterocycles. The van der Waals surface area contributed by atoms with Crippen LogP contribution in [0.3, 0.4) is 0 Å². The number of aliphatic hydroxyl groups is 2. The SMILES string of the molecule is CCCC/C=C\CCCCCCCC(=O)OCCCCCCCC/C=C\CCCCCCCCCC(=O)NC(CO)C(O)/C=C/CCCCCCCCCC. The van der Waals surface area contributed by atoms with Crippen LogP contribution in [0.4, 0.5) is 0 Å². The lowest BCUT2D eigenvalue weighted by atomic mass is 10.1. The predicted molar refractivity (Wildman–Crippen MR) is 236 cm³/mol.